The highest BCUT2D eigenvalue weighted by Crippen LogP contribution is 2.27. The Labute approximate surface area is 111 Å². The molecule has 1 aromatic rings. The summed E-state index contributed by atoms with van der Waals surface area (Å²) in [5.74, 6) is 1.23. The molecule has 0 radical (unpaired) electrons. The summed E-state index contributed by atoms with van der Waals surface area (Å²) in [6.07, 6.45) is 2.38. The SMILES string of the molecule is CCCC(CNCC(C)C)c1ccccc1Cl. The molecule has 0 saturated carbocycles. The van der Waals surface area contributed by atoms with Crippen LogP contribution in [0.3, 0.4) is 0 Å². The van der Waals surface area contributed by atoms with E-state index in [0.717, 1.165) is 18.1 Å². The number of hydrogen-bond acceptors (Lipinski definition) is 1. The van der Waals surface area contributed by atoms with Gasteiger partial charge < -0.3 is 5.32 Å². The van der Waals surface area contributed by atoms with Crippen LogP contribution in [0.1, 0.15) is 45.1 Å². The molecule has 0 aliphatic rings. The summed E-state index contributed by atoms with van der Waals surface area (Å²) in [5, 5.41) is 4.44. The average Bonchev–Trinajstić information content (AvgIpc) is 2.28. The monoisotopic (exact) mass is 253 g/mol. The molecule has 1 nitrogen and oxygen atoms in total. The smallest absolute Gasteiger partial charge is 0.0441 e. The molecule has 1 rings (SSSR count). The number of rotatable bonds is 7. The third-order valence-corrected chi connectivity index (χ3v) is 3.27. The standard InChI is InChI=1S/C15H24ClN/c1-4-7-13(11-17-10-12(2)3)14-8-5-6-9-15(14)16/h5-6,8-9,12-13,17H,4,7,10-11H2,1-3H3. The van der Waals surface area contributed by atoms with Gasteiger partial charge in [0, 0.05) is 11.6 Å². The van der Waals surface area contributed by atoms with E-state index in [4.69, 9.17) is 11.6 Å². The second-order valence-electron chi connectivity index (χ2n) is 5.06. The van der Waals surface area contributed by atoms with Gasteiger partial charge in [-0.25, -0.2) is 0 Å². The van der Waals surface area contributed by atoms with Crippen LogP contribution >= 0.6 is 11.6 Å². The molecule has 1 aromatic carbocycles. The van der Waals surface area contributed by atoms with Gasteiger partial charge in [-0.15, -0.1) is 0 Å². The van der Waals surface area contributed by atoms with E-state index in [9.17, 15) is 0 Å². The zero-order chi connectivity index (χ0) is 12.7. The Balaban J connectivity index is 2.62. The Bertz CT molecular complexity index is 322. The third kappa shape index (κ3) is 5.10. The molecule has 96 valence electrons. The van der Waals surface area contributed by atoms with Crippen molar-refractivity contribution >= 4 is 11.6 Å². The fourth-order valence-corrected chi connectivity index (χ4v) is 2.36. The zero-order valence-corrected chi connectivity index (χ0v) is 11.9. The number of halogens is 1. The first-order chi connectivity index (χ1) is 8.15. The van der Waals surface area contributed by atoms with Gasteiger partial charge in [-0.2, -0.15) is 0 Å². The number of hydrogen-bond donors (Lipinski definition) is 1. The van der Waals surface area contributed by atoms with Gasteiger partial charge in [-0.3, -0.25) is 0 Å². The van der Waals surface area contributed by atoms with Crippen molar-refractivity contribution in [2.75, 3.05) is 13.1 Å². The Morgan fingerprint density at radius 3 is 2.47 bits per heavy atom. The minimum absolute atomic E-state index is 0.535. The zero-order valence-electron chi connectivity index (χ0n) is 11.2. The highest BCUT2D eigenvalue weighted by atomic mass is 35.5. The fourth-order valence-electron chi connectivity index (χ4n) is 2.07. The van der Waals surface area contributed by atoms with Crippen molar-refractivity contribution in [3.05, 3.63) is 34.9 Å². The van der Waals surface area contributed by atoms with Crippen molar-refractivity contribution < 1.29 is 0 Å². The lowest BCUT2D eigenvalue weighted by Gasteiger charge is -2.19. The molecule has 17 heavy (non-hydrogen) atoms. The van der Waals surface area contributed by atoms with Crippen LogP contribution in [0, 0.1) is 5.92 Å². The molecular weight excluding hydrogens is 230 g/mol. The maximum absolute atomic E-state index is 6.27. The Hall–Kier alpha value is -0.530. The maximum atomic E-state index is 6.27. The van der Waals surface area contributed by atoms with Crippen molar-refractivity contribution in [3.63, 3.8) is 0 Å². The van der Waals surface area contributed by atoms with Crippen molar-refractivity contribution in [2.24, 2.45) is 5.92 Å². The summed E-state index contributed by atoms with van der Waals surface area (Å²) in [5.41, 5.74) is 1.28. The average molecular weight is 254 g/mol. The van der Waals surface area contributed by atoms with Crippen LogP contribution in [0.2, 0.25) is 5.02 Å². The van der Waals surface area contributed by atoms with Crippen LogP contribution in [0.5, 0.6) is 0 Å². The summed E-state index contributed by atoms with van der Waals surface area (Å²) >= 11 is 6.27. The van der Waals surface area contributed by atoms with Crippen LogP contribution < -0.4 is 5.32 Å². The summed E-state index contributed by atoms with van der Waals surface area (Å²) in [6.45, 7) is 8.79. The summed E-state index contributed by atoms with van der Waals surface area (Å²) in [6, 6.07) is 8.21. The quantitative estimate of drug-likeness (QED) is 0.756. The Morgan fingerprint density at radius 1 is 1.18 bits per heavy atom. The molecule has 0 fully saturated rings. The lowest BCUT2D eigenvalue weighted by atomic mass is 9.94. The van der Waals surface area contributed by atoms with E-state index >= 15 is 0 Å². The molecule has 0 bridgehead atoms. The van der Waals surface area contributed by atoms with Crippen LogP contribution in [0.4, 0.5) is 0 Å². The van der Waals surface area contributed by atoms with Crippen LogP contribution in [-0.4, -0.2) is 13.1 Å². The number of benzene rings is 1. The minimum Gasteiger partial charge on any atom is -0.316 e. The topological polar surface area (TPSA) is 12.0 Å². The van der Waals surface area contributed by atoms with Gasteiger partial charge in [0.1, 0.15) is 0 Å². The van der Waals surface area contributed by atoms with E-state index < -0.39 is 0 Å². The molecule has 0 aromatic heterocycles. The largest absolute Gasteiger partial charge is 0.316 e. The van der Waals surface area contributed by atoms with Gasteiger partial charge in [-0.05, 0) is 36.4 Å². The van der Waals surface area contributed by atoms with Crippen molar-refractivity contribution in [3.8, 4) is 0 Å². The van der Waals surface area contributed by atoms with E-state index in [0.29, 0.717) is 11.8 Å². The predicted octanol–water partition coefficient (Wildman–Crippen LogP) is 4.47. The highest BCUT2D eigenvalue weighted by molar-refractivity contribution is 6.31. The van der Waals surface area contributed by atoms with Gasteiger partial charge in [0.2, 0.25) is 0 Å². The minimum atomic E-state index is 0.535. The molecule has 0 aliphatic carbocycles. The van der Waals surface area contributed by atoms with Crippen molar-refractivity contribution in [1.82, 2.24) is 5.32 Å². The first-order valence-corrected chi connectivity index (χ1v) is 6.98. The van der Waals surface area contributed by atoms with E-state index in [1.807, 2.05) is 12.1 Å². The molecule has 1 N–H and O–H groups in total. The van der Waals surface area contributed by atoms with Gasteiger partial charge in [0.25, 0.3) is 0 Å². The van der Waals surface area contributed by atoms with Crippen LogP contribution in [-0.2, 0) is 0 Å². The van der Waals surface area contributed by atoms with E-state index in [1.165, 1.54) is 18.4 Å². The maximum Gasteiger partial charge on any atom is 0.0441 e. The molecule has 2 heteroatoms. The molecule has 0 aliphatic heterocycles. The molecule has 0 amide bonds. The van der Waals surface area contributed by atoms with E-state index in [1.54, 1.807) is 0 Å². The normalized spacial score (nSPS) is 13.0. The summed E-state index contributed by atoms with van der Waals surface area (Å²) in [4.78, 5) is 0. The second kappa shape index (κ2) is 7.73. The molecule has 1 atom stereocenters. The molecular formula is C15H24ClN. The van der Waals surface area contributed by atoms with Crippen LogP contribution in [0.15, 0.2) is 24.3 Å². The first-order valence-electron chi connectivity index (χ1n) is 6.60. The Kier molecular flexibility index (Phi) is 6.61. The molecule has 0 saturated heterocycles. The summed E-state index contributed by atoms with van der Waals surface area (Å²) in [7, 11) is 0. The van der Waals surface area contributed by atoms with E-state index in [-0.39, 0.29) is 0 Å². The number of nitrogens with one attached hydrogen (secondary N) is 1. The fraction of sp³-hybridized carbons (Fsp3) is 0.600. The van der Waals surface area contributed by atoms with Gasteiger partial charge in [-0.1, -0.05) is 57.0 Å². The van der Waals surface area contributed by atoms with Gasteiger partial charge in [0.15, 0.2) is 0 Å². The third-order valence-electron chi connectivity index (χ3n) is 2.93. The predicted molar refractivity (Wildman–Crippen MR) is 76.8 cm³/mol. The van der Waals surface area contributed by atoms with Crippen molar-refractivity contribution in [1.29, 1.82) is 0 Å². The van der Waals surface area contributed by atoms with Crippen LogP contribution in [0.25, 0.3) is 0 Å². The highest BCUT2D eigenvalue weighted by Gasteiger charge is 2.13. The molecule has 1 unspecified atom stereocenters. The van der Waals surface area contributed by atoms with Gasteiger partial charge >= 0.3 is 0 Å². The molecule has 0 heterocycles. The molecule has 0 spiro atoms. The first kappa shape index (κ1) is 14.5. The summed E-state index contributed by atoms with van der Waals surface area (Å²) < 4.78 is 0. The van der Waals surface area contributed by atoms with Gasteiger partial charge in [0.05, 0.1) is 0 Å². The van der Waals surface area contributed by atoms with E-state index in [2.05, 4.69) is 38.2 Å². The lowest BCUT2D eigenvalue weighted by molar-refractivity contribution is 0.498. The second-order valence-corrected chi connectivity index (χ2v) is 5.47. The van der Waals surface area contributed by atoms with Crippen molar-refractivity contribution in [2.45, 2.75) is 39.5 Å². The lowest BCUT2D eigenvalue weighted by Crippen LogP contribution is -2.25. The Morgan fingerprint density at radius 2 is 1.88 bits per heavy atom.